The van der Waals surface area contributed by atoms with Gasteiger partial charge < -0.3 is 10.1 Å². The van der Waals surface area contributed by atoms with E-state index in [0.29, 0.717) is 0 Å². The molecule has 0 aromatic carbocycles. The van der Waals surface area contributed by atoms with Gasteiger partial charge >= 0.3 is 0 Å². The van der Waals surface area contributed by atoms with Crippen LogP contribution in [0.3, 0.4) is 0 Å². The van der Waals surface area contributed by atoms with Gasteiger partial charge in [0.1, 0.15) is 13.1 Å². The molecule has 4 nitrogen and oxygen atoms in total. The molecule has 0 aromatic rings. The molecule has 2 saturated heterocycles. The van der Waals surface area contributed by atoms with Gasteiger partial charge in [0.2, 0.25) is 0 Å². The standard InChI is InChI=1S/C9H20N3O/c1-12(6-2-10-3-7-12)11-4-8-13-9-5-11/h10H,2-9H2,1H3/q+1. The van der Waals surface area contributed by atoms with E-state index in [4.69, 9.17) is 4.74 Å². The number of hydrogen-bond donors (Lipinski definition) is 1. The van der Waals surface area contributed by atoms with Crippen LogP contribution in [0.2, 0.25) is 0 Å². The molecule has 2 fully saturated rings. The third-order valence-corrected chi connectivity index (χ3v) is 3.21. The summed E-state index contributed by atoms with van der Waals surface area (Å²) in [5.74, 6) is 0. The fourth-order valence-electron chi connectivity index (χ4n) is 2.20. The van der Waals surface area contributed by atoms with Gasteiger partial charge in [-0.3, -0.25) is 0 Å². The molecule has 2 aliphatic heterocycles. The van der Waals surface area contributed by atoms with Crippen LogP contribution < -0.4 is 5.32 Å². The van der Waals surface area contributed by atoms with Crippen molar-refractivity contribution in [3.8, 4) is 0 Å². The Hall–Kier alpha value is -0.160. The zero-order valence-corrected chi connectivity index (χ0v) is 8.46. The van der Waals surface area contributed by atoms with Gasteiger partial charge in [-0.2, -0.15) is 5.01 Å². The van der Waals surface area contributed by atoms with E-state index in [9.17, 15) is 0 Å². The number of rotatable bonds is 1. The Morgan fingerprint density at radius 1 is 1.15 bits per heavy atom. The fourth-order valence-corrected chi connectivity index (χ4v) is 2.20. The summed E-state index contributed by atoms with van der Waals surface area (Å²) in [6.07, 6.45) is 0. The highest BCUT2D eigenvalue weighted by Gasteiger charge is 2.33. The van der Waals surface area contributed by atoms with Crippen LogP contribution >= 0.6 is 0 Å². The predicted molar refractivity (Wildman–Crippen MR) is 51.2 cm³/mol. The molecule has 1 N–H and O–H groups in total. The Bertz CT molecular complexity index is 162. The molecule has 0 radical (unpaired) electrons. The van der Waals surface area contributed by atoms with Crippen LogP contribution in [0.25, 0.3) is 0 Å². The van der Waals surface area contributed by atoms with Crippen molar-refractivity contribution in [1.82, 2.24) is 10.3 Å². The molecule has 0 bridgehead atoms. The van der Waals surface area contributed by atoms with E-state index >= 15 is 0 Å². The minimum absolute atomic E-state index is 0.904. The van der Waals surface area contributed by atoms with Crippen molar-refractivity contribution < 1.29 is 9.33 Å². The zero-order valence-electron chi connectivity index (χ0n) is 8.46. The molecule has 0 unspecified atom stereocenters. The molecule has 0 aliphatic carbocycles. The van der Waals surface area contributed by atoms with Gasteiger partial charge in [-0.05, 0) is 0 Å². The summed E-state index contributed by atoms with van der Waals surface area (Å²) in [5.41, 5.74) is 0. The molecule has 13 heavy (non-hydrogen) atoms. The fraction of sp³-hybridized carbons (Fsp3) is 1.00. The first kappa shape index (κ1) is 9.40. The van der Waals surface area contributed by atoms with E-state index < -0.39 is 0 Å². The van der Waals surface area contributed by atoms with Crippen molar-refractivity contribution in [1.29, 1.82) is 0 Å². The maximum Gasteiger partial charge on any atom is 0.109 e. The number of piperazine rings is 1. The van der Waals surface area contributed by atoms with Crippen LogP contribution in [0.1, 0.15) is 0 Å². The Labute approximate surface area is 80.0 Å². The van der Waals surface area contributed by atoms with Crippen LogP contribution in [0.15, 0.2) is 0 Å². The second-order valence-corrected chi connectivity index (χ2v) is 4.10. The van der Waals surface area contributed by atoms with E-state index in [-0.39, 0.29) is 0 Å². The van der Waals surface area contributed by atoms with E-state index in [1.165, 1.54) is 13.1 Å². The average molecular weight is 186 g/mol. The molecule has 0 amide bonds. The third kappa shape index (κ3) is 2.02. The highest BCUT2D eigenvalue weighted by Crippen LogP contribution is 2.12. The Morgan fingerprint density at radius 2 is 1.77 bits per heavy atom. The summed E-state index contributed by atoms with van der Waals surface area (Å²) in [4.78, 5) is 0. The van der Waals surface area contributed by atoms with E-state index in [0.717, 1.165) is 44.0 Å². The lowest BCUT2D eigenvalue weighted by Gasteiger charge is -2.46. The number of ether oxygens (including phenoxy) is 1. The number of hydrogen-bond acceptors (Lipinski definition) is 3. The molecule has 76 valence electrons. The van der Waals surface area contributed by atoms with Crippen molar-refractivity contribution in [2.24, 2.45) is 0 Å². The molecular weight excluding hydrogens is 166 g/mol. The van der Waals surface area contributed by atoms with Gasteiger partial charge in [0.25, 0.3) is 0 Å². The van der Waals surface area contributed by atoms with Gasteiger partial charge in [0.15, 0.2) is 0 Å². The molecule has 0 aromatic heterocycles. The second kappa shape index (κ2) is 3.92. The van der Waals surface area contributed by atoms with E-state index in [1.54, 1.807) is 0 Å². The average Bonchev–Trinajstić information content (AvgIpc) is 2.20. The maximum absolute atomic E-state index is 5.37. The van der Waals surface area contributed by atoms with Crippen molar-refractivity contribution in [3.63, 3.8) is 0 Å². The monoisotopic (exact) mass is 186 g/mol. The van der Waals surface area contributed by atoms with Crippen molar-refractivity contribution in [2.45, 2.75) is 0 Å². The Balaban J connectivity index is 1.94. The van der Waals surface area contributed by atoms with Crippen LogP contribution in [-0.2, 0) is 4.74 Å². The van der Waals surface area contributed by atoms with E-state index in [2.05, 4.69) is 17.4 Å². The first-order valence-electron chi connectivity index (χ1n) is 5.20. The quantitative estimate of drug-likeness (QED) is 0.547. The molecule has 2 heterocycles. The molecule has 2 rings (SSSR count). The summed E-state index contributed by atoms with van der Waals surface area (Å²) in [6.45, 7) is 8.73. The van der Waals surface area contributed by atoms with Gasteiger partial charge in [-0.1, -0.05) is 0 Å². The summed E-state index contributed by atoms with van der Waals surface area (Å²) >= 11 is 0. The Kier molecular flexibility index (Phi) is 2.83. The van der Waals surface area contributed by atoms with Gasteiger partial charge in [0, 0.05) is 13.1 Å². The number of likely N-dealkylation sites (N-methyl/N-ethyl adjacent to an activating group) is 1. The van der Waals surface area contributed by atoms with Crippen LogP contribution in [0.4, 0.5) is 0 Å². The molecule has 2 aliphatic rings. The lowest BCUT2D eigenvalue weighted by molar-refractivity contribution is -1.02. The lowest BCUT2D eigenvalue weighted by Crippen LogP contribution is -2.66. The third-order valence-electron chi connectivity index (χ3n) is 3.21. The summed E-state index contributed by atoms with van der Waals surface area (Å²) in [7, 11) is 2.34. The van der Waals surface area contributed by atoms with Gasteiger partial charge in [-0.25, -0.2) is 4.59 Å². The Morgan fingerprint density at radius 3 is 2.38 bits per heavy atom. The topological polar surface area (TPSA) is 24.5 Å². The molecule has 0 saturated carbocycles. The minimum atomic E-state index is 0.904. The van der Waals surface area contributed by atoms with Crippen LogP contribution in [0, 0.1) is 0 Å². The maximum atomic E-state index is 5.37. The first-order valence-corrected chi connectivity index (χ1v) is 5.20. The summed E-state index contributed by atoms with van der Waals surface area (Å²) in [5, 5.41) is 5.95. The number of nitrogens with one attached hydrogen (secondary N) is 1. The minimum Gasteiger partial charge on any atom is -0.378 e. The molecule has 0 atom stereocenters. The smallest absolute Gasteiger partial charge is 0.109 e. The predicted octanol–water partition coefficient (Wildman–Crippen LogP) is -0.717. The lowest BCUT2D eigenvalue weighted by atomic mass is 10.3. The van der Waals surface area contributed by atoms with Gasteiger partial charge in [0.05, 0.1) is 33.4 Å². The van der Waals surface area contributed by atoms with Crippen LogP contribution in [0.5, 0.6) is 0 Å². The SMILES string of the molecule is C[N+]1(N2CCOCC2)CCNCC1. The van der Waals surface area contributed by atoms with Gasteiger partial charge in [-0.15, -0.1) is 0 Å². The second-order valence-electron chi connectivity index (χ2n) is 4.10. The molecule has 4 heteroatoms. The largest absolute Gasteiger partial charge is 0.378 e. The highest BCUT2D eigenvalue weighted by molar-refractivity contribution is 4.58. The number of morpholine rings is 1. The van der Waals surface area contributed by atoms with Crippen molar-refractivity contribution in [3.05, 3.63) is 0 Å². The summed E-state index contributed by atoms with van der Waals surface area (Å²) < 4.78 is 6.48. The summed E-state index contributed by atoms with van der Waals surface area (Å²) in [6, 6.07) is 0. The molecule has 0 spiro atoms. The first-order chi connectivity index (χ1) is 6.31. The van der Waals surface area contributed by atoms with Crippen molar-refractivity contribution in [2.75, 3.05) is 59.5 Å². The molecular formula is C9H20N3O+. The highest BCUT2D eigenvalue weighted by atomic mass is 16.5. The van der Waals surface area contributed by atoms with Crippen molar-refractivity contribution >= 4 is 0 Å². The zero-order chi connectivity index (χ0) is 9.15. The number of quaternary nitrogens is 1. The normalized spacial score (nSPS) is 30.2. The number of nitrogens with zero attached hydrogens (tertiary/aromatic N) is 2. The van der Waals surface area contributed by atoms with Crippen LogP contribution in [-0.4, -0.2) is 69.1 Å². The van der Waals surface area contributed by atoms with E-state index in [1.807, 2.05) is 0 Å².